The molecule has 0 aromatic heterocycles. The van der Waals surface area contributed by atoms with Gasteiger partial charge in [-0.05, 0) is 0 Å². The third-order valence-electron chi connectivity index (χ3n) is 0.910. The number of epoxide rings is 1. The van der Waals surface area contributed by atoms with Crippen LogP contribution in [0.5, 0.6) is 0 Å². The summed E-state index contributed by atoms with van der Waals surface area (Å²) in [4.78, 5) is 0. The zero-order chi connectivity index (χ0) is 5.28. The van der Waals surface area contributed by atoms with Crippen LogP contribution in [0.4, 0.5) is 0 Å². The SMILES string of the molecule is ClCC(Cl)C1CO1. The second-order valence-electron chi connectivity index (χ2n) is 1.54. The summed E-state index contributed by atoms with van der Waals surface area (Å²) in [5.41, 5.74) is 0. The van der Waals surface area contributed by atoms with Crippen LogP contribution in [0.3, 0.4) is 0 Å². The minimum absolute atomic E-state index is 0.0293. The molecule has 0 radical (unpaired) electrons. The number of alkyl halides is 2. The molecule has 42 valence electrons. The fourth-order valence-corrected chi connectivity index (χ4v) is 0.708. The lowest BCUT2D eigenvalue weighted by Crippen LogP contribution is -2.07. The lowest BCUT2D eigenvalue weighted by molar-refractivity contribution is 0.406. The maximum Gasteiger partial charge on any atom is 0.0984 e. The van der Waals surface area contributed by atoms with Gasteiger partial charge >= 0.3 is 0 Å². The van der Waals surface area contributed by atoms with E-state index in [1.165, 1.54) is 0 Å². The smallest absolute Gasteiger partial charge is 0.0984 e. The van der Waals surface area contributed by atoms with E-state index in [9.17, 15) is 0 Å². The van der Waals surface area contributed by atoms with Gasteiger partial charge in [-0.15, -0.1) is 23.2 Å². The van der Waals surface area contributed by atoms with Gasteiger partial charge < -0.3 is 4.74 Å². The highest BCUT2D eigenvalue weighted by molar-refractivity contribution is 6.28. The van der Waals surface area contributed by atoms with E-state index < -0.39 is 0 Å². The van der Waals surface area contributed by atoms with Crippen LogP contribution >= 0.6 is 23.2 Å². The zero-order valence-corrected chi connectivity index (χ0v) is 5.24. The van der Waals surface area contributed by atoms with E-state index in [2.05, 4.69) is 0 Å². The average molecular weight is 141 g/mol. The fraction of sp³-hybridized carbons (Fsp3) is 1.00. The van der Waals surface area contributed by atoms with Crippen molar-refractivity contribution in [2.75, 3.05) is 12.5 Å². The van der Waals surface area contributed by atoms with Crippen molar-refractivity contribution in [1.82, 2.24) is 0 Å². The van der Waals surface area contributed by atoms with Crippen LogP contribution in [-0.4, -0.2) is 24.0 Å². The zero-order valence-electron chi connectivity index (χ0n) is 3.73. The predicted octanol–water partition coefficient (Wildman–Crippen LogP) is 1.23. The van der Waals surface area contributed by atoms with Crippen molar-refractivity contribution >= 4 is 23.2 Å². The van der Waals surface area contributed by atoms with E-state index in [-0.39, 0.29) is 11.5 Å². The van der Waals surface area contributed by atoms with E-state index in [1.54, 1.807) is 0 Å². The highest BCUT2D eigenvalue weighted by Crippen LogP contribution is 2.19. The average Bonchev–Trinajstić information content (AvgIpc) is 2.44. The first-order valence-electron chi connectivity index (χ1n) is 2.16. The van der Waals surface area contributed by atoms with Gasteiger partial charge in [0.05, 0.1) is 18.1 Å². The lowest BCUT2D eigenvalue weighted by Gasteiger charge is -1.94. The van der Waals surface area contributed by atoms with E-state index in [1.807, 2.05) is 0 Å². The molecule has 1 heterocycles. The lowest BCUT2D eigenvalue weighted by atomic mass is 10.4. The Labute approximate surface area is 52.5 Å². The van der Waals surface area contributed by atoms with Crippen LogP contribution in [0.2, 0.25) is 0 Å². The largest absolute Gasteiger partial charge is 0.371 e. The van der Waals surface area contributed by atoms with Crippen molar-refractivity contribution in [1.29, 1.82) is 0 Å². The number of hydrogen-bond acceptors (Lipinski definition) is 1. The van der Waals surface area contributed by atoms with Gasteiger partial charge in [-0.2, -0.15) is 0 Å². The highest BCUT2D eigenvalue weighted by atomic mass is 35.5. The summed E-state index contributed by atoms with van der Waals surface area (Å²) in [5, 5.41) is 0.0293. The van der Waals surface area contributed by atoms with Crippen LogP contribution < -0.4 is 0 Å². The molecular weight excluding hydrogens is 135 g/mol. The summed E-state index contributed by atoms with van der Waals surface area (Å²) in [7, 11) is 0. The summed E-state index contributed by atoms with van der Waals surface area (Å²) in [6.45, 7) is 0.793. The topological polar surface area (TPSA) is 12.5 Å². The molecule has 0 spiro atoms. The maximum absolute atomic E-state index is 5.61. The van der Waals surface area contributed by atoms with Crippen molar-refractivity contribution in [3.8, 4) is 0 Å². The molecule has 0 aromatic carbocycles. The number of halogens is 2. The molecule has 0 aliphatic carbocycles. The molecule has 1 aliphatic rings. The second-order valence-corrected chi connectivity index (χ2v) is 2.41. The minimum Gasteiger partial charge on any atom is -0.371 e. The number of rotatable bonds is 2. The van der Waals surface area contributed by atoms with Crippen LogP contribution in [0.25, 0.3) is 0 Å². The van der Waals surface area contributed by atoms with Gasteiger partial charge in [-0.3, -0.25) is 0 Å². The Morgan fingerprint density at radius 3 is 2.57 bits per heavy atom. The first-order valence-corrected chi connectivity index (χ1v) is 3.13. The molecule has 1 aliphatic heterocycles. The van der Waals surface area contributed by atoms with Gasteiger partial charge in [0.25, 0.3) is 0 Å². The van der Waals surface area contributed by atoms with Crippen LogP contribution in [-0.2, 0) is 4.74 Å². The van der Waals surface area contributed by atoms with E-state index in [0.717, 1.165) is 6.61 Å². The Kier molecular flexibility index (Phi) is 1.79. The van der Waals surface area contributed by atoms with Gasteiger partial charge in [0.2, 0.25) is 0 Å². The monoisotopic (exact) mass is 140 g/mol. The van der Waals surface area contributed by atoms with Gasteiger partial charge in [0, 0.05) is 5.88 Å². The number of ether oxygens (including phenoxy) is 1. The standard InChI is InChI=1S/C4H6Cl2O/c5-1-3(6)4-2-7-4/h3-4H,1-2H2. The molecule has 3 heteroatoms. The normalized spacial score (nSPS) is 32.6. The van der Waals surface area contributed by atoms with Gasteiger partial charge in [-0.25, -0.2) is 0 Å². The first kappa shape index (κ1) is 5.67. The molecule has 0 saturated carbocycles. The molecule has 2 unspecified atom stereocenters. The van der Waals surface area contributed by atoms with Crippen molar-refractivity contribution in [3.63, 3.8) is 0 Å². The van der Waals surface area contributed by atoms with Crippen LogP contribution in [0, 0.1) is 0 Å². The van der Waals surface area contributed by atoms with Crippen LogP contribution in [0.15, 0.2) is 0 Å². The summed E-state index contributed by atoms with van der Waals surface area (Å²) in [5.74, 6) is 0.492. The Morgan fingerprint density at radius 1 is 1.86 bits per heavy atom. The number of hydrogen-bond donors (Lipinski definition) is 0. The van der Waals surface area contributed by atoms with Crippen molar-refractivity contribution in [2.45, 2.75) is 11.5 Å². The molecule has 0 bridgehead atoms. The molecular formula is C4H6Cl2O. The molecule has 1 fully saturated rings. The molecule has 1 rings (SSSR count). The van der Waals surface area contributed by atoms with E-state index >= 15 is 0 Å². The van der Waals surface area contributed by atoms with Crippen molar-refractivity contribution < 1.29 is 4.74 Å². The Bertz CT molecular complexity index is 62.7. The Balaban J connectivity index is 2.10. The second kappa shape index (κ2) is 2.21. The van der Waals surface area contributed by atoms with Gasteiger partial charge in [-0.1, -0.05) is 0 Å². The highest BCUT2D eigenvalue weighted by Gasteiger charge is 2.30. The van der Waals surface area contributed by atoms with Gasteiger partial charge in [0.15, 0.2) is 0 Å². The molecule has 0 N–H and O–H groups in total. The molecule has 0 amide bonds. The van der Waals surface area contributed by atoms with E-state index in [4.69, 9.17) is 27.9 Å². The summed E-state index contributed by atoms with van der Waals surface area (Å²) in [6.07, 6.45) is 0.249. The fourth-order valence-electron chi connectivity index (χ4n) is 0.364. The Hall–Kier alpha value is 0.540. The molecule has 1 nitrogen and oxygen atoms in total. The third-order valence-corrected chi connectivity index (χ3v) is 1.84. The summed E-state index contributed by atoms with van der Waals surface area (Å²) < 4.78 is 4.84. The Morgan fingerprint density at radius 2 is 2.43 bits per heavy atom. The molecule has 7 heavy (non-hydrogen) atoms. The van der Waals surface area contributed by atoms with Crippen molar-refractivity contribution in [3.05, 3.63) is 0 Å². The molecule has 1 saturated heterocycles. The van der Waals surface area contributed by atoms with E-state index in [0.29, 0.717) is 5.88 Å². The molecule has 0 aromatic rings. The van der Waals surface area contributed by atoms with Crippen LogP contribution in [0.1, 0.15) is 0 Å². The summed E-state index contributed by atoms with van der Waals surface area (Å²) in [6, 6.07) is 0. The molecule has 2 atom stereocenters. The summed E-state index contributed by atoms with van der Waals surface area (Å²) >= 11 is 11.0. The minimum atomic E-state index is 0.0293. The third kappa shape index (κ3) is 1.48. The maximum atomic E-state index is 5.61. The van der Waals surface area contributed by atoms with Crippen molar-refractivity contribution in [2.24, 2.45) is 0 Å². The predicted molar refractivity (Wildman–Crippen MR) is 30.1 cm³/mol. The quantitative estimate of drug-likeness (QED) is 0.416. The van der Waals surface area contributed by atoms with Gasteiger partial charge in [0.1, 0.15) is 0 Å². The first-order chi connectivity index (χ1) is 3.34.